The van der Waals surface area contributed by atoms with E-state index in [1.807, 2.05) is 65.6 Å². The summed E-state index contributed by atoms with van der Waals surface area (Å²) in [5, 5.41) is 14.3. The van der Waals surface area contributed by atoms with Gasteiger partial charge in [0.15, 0.2) is 0 Å². The molecule has 3 aromatic heterocycles. The van der Waals surface area contributed by atoms with Crippen LogP contribution in [-0.4, -0.2) is 34.7 Å². The second kappa shape index (κ2) is 9.07. The molecule has 1 aromatic carbocycles. The zero-order valence-corrected chi connectivity index (χ0v) is 18.1. The molecule has 1 N–H and O–H groups in total. The lowest BCUT2D eigenvalue weighted by atomic mass is 10.0. The maximum atomic E-state index is 13.0. The number of aromatic amines is 1. The Morgan fingerprint density at radius 1 is 1.13 bits per heavy atom. The summed E-state index contributed by atoms with van der Waals surface area (Å²) in [5.74, 6) is 0.509. The summed E-state index contributed by atoms with van der Waals surface area (Å²) >= 11 is 0. The number of rotatable bonds is 8. The minimum Gasteiger partial charge on any atom is -0.296 e. The van der Waals surface area contributed by atoms with Gasteiger partial charge in [-0.2, -0.15) is 5.21 Å². The van der Waals surface area contributed by atoms with Crippen LogP contribution in [0.4, 0.5) is 0 Å². The Labute approximate surface area is 181 Å². The van der Waals surface area contributed by atoms with E-state index in [0.29, 0.717) is 12.4 Å². The Morgan fingerprint density at radius 2 is 1.94 bits per heavy atom. The van der Waals surface area contributed by atoms with Gasteiger partial charge in [0.1, 0.15) is 0 Å². The Morgan fingerprint density at radius 3 is 2.61 bits per heavy atom. The number of imidazole rings is 1. The standard InChI is InChI=1S/C23H27N7O/c1-4-5-7-19-15-29(16(2)3)23(31)30(19)14-17-9-11-18(12-10-17)21-20(8-6-13-24-21)22-25-27-28-26-22/h6,8-13,15-16H,4-5,7,14H2,1-3H3,(H,25,26,27,28). The first kappa shape index (κ1) is 20.7. The van der Waals surface area contributed by atoms with E-state index in [1.54, 1.807) is 6.20 Å². The average molecular weight is 418 g/mol. The van der Waals surface area contributed by atoms with Crippen molar-refractivity contribution in [1.29, 1.82) is 0 Å². The molecule has 4 aromatic rings. The summed E-state index contributed by atoms with van der Waals surface area (Å²) in [6.45, 7) is 6.80. The summed E-state index contributed by atoms with van der Waals surface area (Å²) in [6.07, 6.45) is 6.84. The lowest BCUT2D eigenvalue weighted by Gasteiger charge is -2.09. The Balaban J connectivity index is 1.63. The first-order valence-electron chi connectivity index (χ1n) is 10.7. The van der Waals surface area contributed by atoms with Gasteiger partial charge in [-0.25, -0.2) is 4.79 Å². The third-order valence-corrected chi connectivity index (χ3v) is 5.39. The number of hydrogen-bond donors (Lipinski definition) is 1. The molecule has 4 rings (SSSR count). The molecule has 0 atom stereocenters. The fraction of sp³-hybridized carbons (Fsp3) is 0.348. The summed E-state index contributed by atoms with van der Waals surface area (Å²) in [7, 11) is 0. The highest BCUT2D eigenvalue weighted by Crippen LogP contribution is 2.27. The molecule has 8 nitrogen and oxygen atoms in total. The third kappa shape index (κ3) is 4.33. The molecule has 0 saturated heterocycles. The SMILES string of the molecule is CCCCc1cn(C(C)C)c(=O)n1Cc1ccc(-c2ncccc2-c2nn[nH]n2)cc1. The first-order valence-corrected chi connectivity index (χ1v) is 10.7. The van der Waals surface area contributed by atoms with E-state index >= 15 is 0 Å². The van der Waals surface area contributed by atoms with Crippen molar-refractivity contribution in [3.8, 4) is 22.6 Å². The molecule has 0 fully saturated rings. The van der Waals surface area contributed by atoms with Crippen LogP contribution in [0.3, 0.4) is 0 Å². The molecular formula is C23H27N7O. The minimum atomic E-state index is 0.0503. The highest BCUT2D eigenvalue weighted by atomic mass is 16.1. The van der Waals surface area contributed by atoms with E-state index in [4.69, 9.17) is 0 Å². The van der Waals surface area contributed by atoms with Gasteiger partial charge in [0.05, 0.1) is 12.2 Å². The van der Waals surface area contributed by atoms with Gasteiger partial charge in [0.25, 0.3) is 0 Å². The fourth-order valence-corrected chi connectivity index (χ4v) is 3.69. The summed E-state index contributed by atoms with van der Waals surface area (Å²) in [6, 6.07) is 12.1. The minimum absolute atomic E-state index is 0.0503. The number of tetrazole rings is 1. The molecule has 160 valence electrons. The zero-order valence-electron chi connectivity index (χ0n) is 18.1. The van der Waals surface area contributed by atoms with Gasteiger partial charge < -0.3 is 0 Å². The van der Waals surface area contributed by atoms with Crippen molar-refractivity contribution in [3.63, 3.8) is 0 Å². The van der Waals surface area contributed by atoms with Crippen molar-refractivity contribution in [1.82, 2.24) is 34.7 Å². The monoisotopic (exact) mass is 417 g/mol. The first-order chi connectivity index (χ1) is 15.1. The lowest BCUT2D eigenvalue weighted by molar-refractivity contribution is 0.560. The van der Waals surface area contributed by atoms with Crippen LogP contribution in [-0.2, 0) is 13.0 Å². The van der Waals surface area contributed by atoms with Crippen molar-refractivity contribution in [3.05, 3.63) is 70.5 Å². The average Bonchev–Trinajstić information content (AvgIpc) is 3.42. The van der Waals surface area contributed by atoms with Crippen LogP contribution in [0.2, 0.25) is 0 Å². The van der Waals surface area contributed by atoms with E-state index in [1.165, 1.54) is 0 Å². The van der Waals surface area contributed by atoms with E-state index in [2.05, 4.69) is 32.5 Å². The molecule has 0 aliphatic heterocycles. The lowest BCUT2D eigenvalue weighted by Crippen LogP contribution is -2.26. The van der Waals surface area contributed by atoms with Crippen molar-refractivity contribution >= 4 is 0 Å². The molecule has 0 bridgehead atoms. The third-order valence-electron chi connectivity index (χ3n) is 5.39. The van der Waals surface area contributed by atoms with Crippen molar-refractivity contribution in [2.24, 2.45) is 0 Å². The van der Waals surface area contributed by atoms with Crippen LogP contribution in [0.15, 0.2) is 53.6 Å². The van der Waals surface area contributed by atoms with Gasteiger partial charge in [-0.3, -0.25) is 14.1 Å². The number of pyridine rings is 1. The van der Waals surface area contributed by atoms with E-state index in [0.717, 1.165) is 47.3 Å². The Bertz CT molecular complexity index is 1190. The zero-order chi connectivity index (χ0) is 21.8. The molecule has 31 heavy (non-hydrogen) atoms. The Kier molecular flexibility index (Phi) is 6.06. The van der Waals surface area contributed by atoms with Gasteiger partial charge >= 0.3 is 5.69 Å². The highest BCUT2D eigenvalue weighted by molar-refractivity contribution is 5.76. The van der Waals surface area contributed by atoms with E-state index in [-0.39, 0.29) is 11.7 Å². The van der Waals surface area contributed by atoms with Crippen LogP contribution >= 0.6 is 0 Å². The number of benzene rings is 1. The van der Waals surface area contributed by atoms with E-state index in [9.17, 15) is 4.79 Å². The van der Waals surface area contributed by atoms with Crippen molar-refractivity contribution < 1.29 is 0 Å². The van der Waals surface area contributed by atoms with Crippen molar-refractivity contribution in [2.75, 3.05) is 0 Å². The largest absolute Gasteiger partial charge is 0.328 e. The van der Waals surface area contributed by atoms with Gasteiger partial charge in [0, 0.05) is 35.3 Å². The number of nitrogens with zero attached hydrogens (tertiary/aromatic N) is 6. The summed E-state index contributed by atoms with van der Waals surface area (Å²) < 4.78 is 3.72. The van der Waals surface area contributed by atoms with Gasteiger partial charge in [-0.05, 0) is 49.6 Å². The van der Waals surface area contributed by atoms with Crippen LogP contribution in [0, 0.1) is 0 Å². The molecule has 0 aliphatic rings. The molecule has 0 spiro atoms. The van der Waals surface area contributed by atoms with Crippen LogP contribution in [0.25, 0.3) is 22.6 Å². The predicted molar refractivity (Wildman–Crippen MR) is 120 cm³/mol. The van der Waals surface area contributed by atoms with Gasteiger partial charge in [-0.15, -0.1) is 10.2 Å². The van der Waals surface area contributed by atoms with Crippen LogP contribution in [0.5, 0.6) is 0 Å². The van der Waals surface area contributed by atoms with Crippen LogP contribution in [0.1, 0.15) is 50.9 Å². The molecule has 0 aliphatic carbocycles. The number of aromatic nitrogens is 7. The molecule has 0 saturated carbocycles. The maximum absolute atomic E-state index is 13.0. The highest BCUT2D eigenvalue weighted by Gasteiger charge is 2.15. The maximum Gasteiger partial charge on any atom is 0.328 e. The van der Waals surface area contributed by atoms with Crippen molar-refractivity contribution in [2.45, 2.75) is 52.6 Å². The molecule has 0 radical (unpaired) electrons. The van der Waals surface area contributed by atoms with Crippen LogP contribution < -0.4 is 5.69 Å². The summed E-state index contributed by atoms with van der Waals surface area (Å²) in [4.78, 5) is 17.5. The topological polar surface area (TPSA) is 94.3 Å². The Hall–Kier alpha value is -3.55. The van der Waals surface area contributed by atoms with E-state index < -0.39 is 0 Å². The number of nitrogens with one attached hydrogen (secondary N) is 1. The van der Waals surface area contributed by atoms with Gasteiger partial charge in [0.2, 0.25) is 5.82 Å². The number of hydrogen-bond acceptors (Lipinski definition) is 5. The second-order valence-corrected chi connectivity index (χ2v) is 7.93. The second-order valence-electron chi connectivity index (χ2n) is 7.93. The number of H-pyrrole nitrogens is 1. The number of aryl methyl sites for hydroxylation is 1. The molecule has 0 unspecified atom stereocenters. The number of unbranched alkanes of at least 4 members (excludes halogenated alkanes) is 1. The van der Waals surface area contributed by atoms with Gasteiger partial charge in [-0.1, -0.05) is 37.6 Å². The molecular weight excluding hydrogens is 390 g/mol. The quantitative estimate of drug-likeness (QED) is 0.470. The normalized spacial score (nSPS) is 11.4. The molecule has 8 heteroatoms. The fourth-order valence-electron chi connectivity index (χ4n) is 3.69. The smallest absolute Gasteiger partial charge is 0.296 e. The molecule has 3 heterocycles. The predicted octanol–water partition coefficient (Wildman–Crippen LogP) is 3.86. The molecule has 0 amide bonds. The summed E-state index contributed by atoms with van der Waals surface area (Å²) in [5.41, 5.74) is 4.78.